The topological polar surface area (TPSA) is 84.7 Å². The van der Waals surface area contributed by atoms with Gasteiger partial charge in [-0.2, -0.15) is 0 Å². The lowest BCUT2D eigenvalue weighted by Gasteiger charge is -2.36. The summed E-state index contributed by atoms with van der Waals surface area (Å²) in [6, 6.07) is 24.2. The Balaban J connectivity index is 1.50. The molecule has 42 heavy (non-hydrogen) atoms. The van der Waals surface area contributed by atoms with Crippen molar-refractivity contribution in [3.8, 4) is 5.75 Å². The second-order valence-corrected chi connectivity index (χ2v) is 14.1. The van der Waals surface area contributed by atoms with E-state index < -0.39 is 27.0 Å². The lowest BCUT2D eigenvalue weighted by molar-refractivity contribution is -0.151. The van der Waals surface area contributed by atoms with Crippen LogP contribution in [0, 0.1) is 0 Å². The van der Waals surface area contributed by atoms with Crippen LogP contribution in [-0.2, 0) is 34.5 Å². The van der Waals surface area contributed by atoms with Crippen molar-refractivity contribution in [1.29, 1.82) is 0 Å². The molecule has 1 aliphatic rings. The minimum Gasteiger partial charge on any atom is -0.542 e. The SMILES string of the molecule is C[Si](C)Oc1cccc(Cn2cnc3c2CC(C(=O)O)N(C(=O)C(c2ccccc2)c2ccccc2)C3)c1C(C)(C)C. The summed E-state index contributed by atoms with van der Waals surface area (Å²) in [5, 5.41) is 10.4. The maximum atomic E-state index is 14.2. The molecule has 1 radical (unpaired) electrons. The number of amides is 1. The van der Waals surface area contributed by atoms with E-state index in [0.29, 0.717) is 6.54 Å². The molecule has 0 aliphatic carbocycles. The van der Waals surface area contributed by atoms with Crippen LogP contribution < -0.4 is 4.43 Å². The Bertz CT molecular complexity index is 1520. The highest BCUT2D eigenvalue weighted by atomic mass is 28.3. The van der Waals surface area contributed by atoms with Crippen LogP contribution in [0.5, 0.6) is 5.75 Å². The summed E-state index contributed by atoms with van der Waals surface area (Å²) >= 11 is 0. The molecule has 1 amide bonds. The number of carbonyl (C=O) groups excluding carboxylic acids is 1. The molecule has 0 saturated carbocycles. The number of aliphatic carboxylic acids is 1. The molecule has 1 aliphatic heterocycles. The first-order valence-electron chi connectivity index (χ1n) is 14.3. The summed E-state index contributed by atoms with van der Waals surface area (Å²) in [6.45, 7) is 11.5. The standard InChI is InChI=1S/C34H38N3O4Si/c1-34(2,3)31-25(17-12-18-29(31)41-42(4)5)20-36-22-35-26-21-37(28(33(39)40)19-27(26)36)32(38)30(23-13-8-6-9-14-23)24-15-10-7-11-16-24/h6-18,22,28,30H,19-21H2,1-5H3,(H,39,40). The van der Waals surface area contributed by atoms with Crippen molar-refractivity contribution in [1.82, 2.24) is 14.5 Å². The van der Waals surface area contributed by atoms with Crippen LogP contribution in [0.3, 0.4) is 0 Å². The third-order valence-electron chi connectivity index (χ3n) is 7.71. The van der Waals surface area contributed by atoms with Gasteiger partial charge in [0.15, 0.2) is 0 Å². The minimum absolute atomic E-state index is 0.140. The Kier molecular flexibility index (Phi) is 8.36. The smallest absolute Gasteiger partial charge is 0.326 e. The Labute approximate surface area is 249 Å². The lowest BCUT2D eigenvalue weighted by atomic mass is 9.83. The van der Waals surface area contributed by atoms with E-state index >= 15 is 0 Å². The van der Waals surface area contributed by atoms with Crippen LogP contribution in [0.25, 0.3) is 0 Å². The molecule has 5 rings (SSSR count). The van der Waals surface area contributed by atoms with E-state index in [2.05, 4.69) is 39.9 Å². The highest BCUT2D eigenvalue weighted by molar-refractivity contribution is 6.49. The molecule has 0 spiro atoms. The minimum atomic E-state index is -1.02. The molecule has 0 fully saturated rings. The molecule has 1 N–H and O–H groups in total. The fraction of sp³-hybridized carbons (Fsp3) is 0.324. The van der Waals surface area contributed by atoms with E-state index in [1.165, 1.54) is 4.90 Å². The zero-order chi connectivity index (χ0) is 30.0. The molecule has 0 bridgehead atoms. The number of benzene rings is 3. The number of aromatic nitrogens is 2. The van der Waals surface area contributed by atoms with E-state index in [-0.39, 0.29) is 24.3 Å². The highest BCUT2D eigenvalue weighted by Gasteiger charge is 2.40. The van der Waals surface area contributed by atoms with Gasteiger partial charge in [0.05, 0.1) is 24.5 Å². The van der Waals surface area contributed by atoms with E-state index in [0.717, 1.165) is 39.4 Å². The van der Waals surface area contributed by atoms with E-state index in [1.54, 1.807) is 6.33 Å². The summed E-state index contributed by atoms with van der Waals surface area (Å²) in [4.78, 5) is 33.1. The fourth-order valence-corrected chi connectivity index (χ4v) is 6.56. The molecule has 1 aromatic heterocycles. The Hall–Kier alpha value is -4.17. The van der Waals surface area contributed by atoms with E-state index in [4.69, 9.17) is 9.41 Å². The van der Waals surface area contributed by atoms with E-state index in [9.17, 15) is 14.7 Å². The summed E-state index contributed by atoms with van der Waals surface area (Å²) in [5.74, 6) is -0.968. The number of carboxylic acids is 1. The van der Waals surface area contributed by atoms with Gasteiger partial charge in [0.25, 0.3) is 9.04 Å². The first-order chi connectivity index (χ1) is 20.0. The summed E-state index contributed by atoms with van der Waals surface area (Å²) in [7, 11) is -0.960. The fourth-order valence-electron chi connectivity index (χ4n) is 5.95. The van der Waals surface area contributed by atoms with Crippen LogP contribution in [0.2, 0.25) is 13.1 Å². The zero-order valence-electron chi connectivity index (χ0n) is 24.9. The van der Waals surface area contributed by atoms with Crippen molar-refractivity contribution in [3.63, 3.8) is 0 Å². The van der Waals surface area contributed by atoms with Crippen LogP contribution >= 0.6 is 0 Å². The predicted molar refractivity (Wildman–Crippen MR) is 165 cm³/mol. The maximum Gasteiger partial charge on any atom is 0.326 e. The number of hydrogen-bond acceptors (Lipinski definition) is 4. The number of nitrogens with zero attached hydrogens (tertiary/aromatic N) is 3. The summed E-state index contributed by atoms with van der Waals surface area (Å²) in [6.07, 6.45) is 1.96. The number of carbonyl (C=O) groups is 2. The summed E-state index contributed by atoms with van der Waals surface area (Å²) < 4.78 is 8.32. The van der Waals surface area contributed by atoms with Crippen LogP contribution in [0.15, 0.2) is 85.2 Å². The zero-order valence-corrected chi connectivity index (χ0v) is 25.9. The lowest BCUT2D eigenvalue weighted by Crippen LogP contribution is -2.50. The molecule has 1 atom stereocenters. The molecule has 8 heteroatoms. The van der Waals surface area contributed by atoms with Crippen LogP contribution in [-0.4, -0.2) is 46.5 Å². The van der Waals surface area contributed by atoms with Gasteiger partial charge >= 0.3 is 5.97 Å². The normalized spacial score (nSPS) is 15.1. The van der Waals surface area contributed by atoms with Crippen molar-refractivity contribution < 1.29 is 19.1 Å². The third kappa shape index (κ3) is 6.04. The quantitative estimate of drug-likeness (QED) is 0.257. The first kappa shape index (κ1) is 29.3. The van der Waals surface area contributed by atoms with Gasteiger partial charge in [-0.05, 0) is 41.3 Å². The Morgan fingerprint density at radius 2 is 1.60 bits per heavy atom. The third-order valence-corrected chi connectivity index (χ3v) is 8.34. The molecule has 0 saturated heterocycles. The molecule has 7 nitrogen and oxygen atoms in total. The molecule has 1 unspecified atom stereocenters. The Morgan fingerprint density at radius 3 is 2.14 bits per heavy atom. The van der Waals surface area contributed by atoms with Gasteiger partial charge in [0.2, 0.25) is 5.91 Å². The number of rotatable bonds is 8. The van der Waals surface area contributed by atoms with Gasteiger partial charge in [0.1, 0.15) is 11.8 Å². The molecule has 217 valence electrons. The van der Waals surface area contributed by atoms with Gasteiger partial charge in [-0.3, -0.25) is 4.79 Å². The number of fused-ring (bicyclic) bond motifs is 1. The Morgan fingerprint density at radius 1 is 0.976 bits per heavy atom. The van der Waals surface area contributed by atoms with Gasteiger partial charge in [-0.15, -0.1) is 0 Å². The number of imidazole rings is 1. The van der Waals surface area contributed by atoms with Crippen molar-refractivity contribution in [2.24, 2.45) is 0 Å². The highest BCUT2D eigenvalue weighted by Crippen LogP contribution is 2.36. The van der Waals surface area contributed by atoms with Crippen molar-refractivity contribution in [2.75, 3.05) is 0 Å². The largest absolute Gasteiger partial charge is 0.542 e. The average molecular weight is 581 g/mol. The van der Waals surface area contributed by atoms with Gasteiger partial charge in [-0.25, -0.2) is 9.78 Å². The molecular weight excluding hydrogens is 542 g/mol. The molecule has 4 aromatic rings. The van der Waals surface area contributed by atoms with Gasteiger partial charge in [-0.1, -0.05) is 93.6 Å². The number of hydrogen-bond donors (Lipinski definition) is 1. The van der Waals surface area contributed by atoms with Gasteiger partial charge in [0, 0.05) is 24.2 Å². The summed E-state index contributed by atoms with van der Waals surface area (Å²) in [5.41, 5.74) is 5.35. The monoisotopic (exact) mass is 580 g/mol. The molecule has 3 aromatic carbocycles. The van der Waals surface area contributed by atoms with Crippen molar-refractivity contribution >= 4 is 20.9 Å². The van der Waals surface area contributed by atoms with Crippen LogP contribution in [0.4, 0.5) is 0 Å². The molecule has 2 heterocycles. The van der Waals surface area contributed by atoms with E-state index in [1.807, 2.05) is 77.4 Å². The average Bonchev–Trinajstić information content (AvgIpc) is 3.34. The first-order valence-corrected chi connectivity index (χ1v) is 16.7. The second kappa shape index (κ2) is 12.0. The van der Waals surface area contributed by atoms with Crippen LogP contribution in [0.1, 0.15) is 60.3 Å². The van der Waals surface area contributed by atoms with Gasteiger partial charge < -0.3 is 19.0 Å². The predicted octanol–water partition coefficient (Wildman–Crippen LogP) is 6.03. The van der Waals surface area contributed by atoms with Crippen molar-refractivity contribution in [2.45, 2.75) is 70.8 Å². The maximum absolute atomic E-state index is 14.2. The number of carboxylic acid groups (broad SMARTS) is 1. The van der Waals surface area contributed by atoms with Crippen molar-refractivity contribution in [3.05, 3.63) is 119 Å². The molecular formula is C34H38N3O4Si. The second-order valence-electron chi connectivity index (χ2n) is 12.1.